The van der Waals surface area contributed by atoms with Crippen LogP contribution in [0, 0.1) is 0 Å². The number of methoxy groups -OCH3 is 1. The van der Waals surface area contributed by atoms with Crippen molar-refractivity contribution in [1.82, 2.24) is 4.90 Å². The van der Waals surface area contributed by atoms with Crippen molar-refractivity contribution in [2.45, 2.75) is 13.2 Å². The smallest absolute Gasteiger partial charge is 0.0713 e. The molecule has 0 saturated heterocycles. The topological polar surface area (TPSA) is 12.5 Å². The maximum atomic E-state index is 5.07. The molecule has 0 aliphatic rings. The molecule has 2 heteroatoms. The fraction of sp³-hybridized carbons (Fsp3) is 0.455. The first kappa shape index (κ1) is 10.2. The molecule has 0 bridgehead atoms. The maximum Gasteiger partial charge on any atom is 0.0713 e. The zero-order valence-corrected chi connectivity index (χ0v) is 8.58. The summed E-state index contributed by atoms with van der Waals surface area (Å²) in [6.45, 7) is 1.68. The zero-order valence-electron chi connectivity index (χ0n) is 8.58. The molecule has 13 heavy (non-hydrogen) atoms. The van der Waals surface area contributed by atoms with Crippen LogP contribution in [-0.4, -0.2) is 26.1 Å². The van der Waals surface area contributed by atoms with Crippen LogP contribution < -0.4 is 0 Å². The average molecular weight is 179 g/mol. The standard InChI is InChI=1S/C11H17NO/c1-12(2)8-10-5-4-6-11(7-10)9-13-3/h4-7H,8-9H2,1-3H3. The van der Waals surface area contributed by atoms with E-state index in [0.717, 1.165) is 6.54 Å². The van der Waals surface area contributed by atoms with Crippen LogP contribution in [0.4, 0.5) is 0 Å². The van der Waals surface area contributed by atoms with Crippen LogP contribution in [0.15, 0.2) is 24.3 Å². The Kier molecular flexibility index (Phi) is 3.93. The lowest BCUT2D eigenvalue weighted by Crippen LogP contribution is -2.10. The van der Waals surface area contributed by atoms with Gasteiger partial charge in [0, 0.05) is 13.7 Å². The number of rotatable bonds is 4. The number of hydrogen-bond donors (Lipinski definition) is 0. The molecule has 1 aromatic rings. The summed E-state index contributed by atoms with van der Waals surface area (Å²) in [7, 11) is 5.87. The van der Waals surface area contributed by atoms with E-state index in [1.54, 1.807) is 7.11 Å². The van der Waals surface area contributed by atoms with Gasteiger partial charge < -0.3 is 9.64 Å². The highest BCUT2D eigenvalue weighted by molar-refractivity contribution is 5.22. The van der Waals surface area contributed by atoms with Crippen molar-refractivity contribution < 1.29 is 4.74 Å². The van der Waals surface area contributed by atoms with E-state index in [1.165, 1.54) is 11.1 Å². The Morgan fingerprint density at radius 1 is 1.23 bits per heavy atom. The highest BCUT2D eigenvalue weighted by Crippen LogP contribution is 2.07. The van der Waals surface area contributed by atoms with E-state index in [0.29, 0.717) is 6.61 Å². The Balaban J connectivity index is 2.67. The Bertz CT molecular complexity index is 258. The van der Waals surface area contributed by atoms with Gasteiger partial charge in [0.1, 0.15) is 0 Å². The Hall–Kier alpha value is -0.860. The number of benzene rings is 1. The van der Waals surface area contributed by atoms with Crippen molar-refractivity contribution in [1.29, 1.82) is 0 Å². The van der Waals surface area contributed by atoms with E-state index in [9.17, 15) is 0 Å². The summed E-state index contributed by atoms with van der Waals surface area (Å²) < 4.78 is 5.07. The molecule has 0 heterocycles. The second-order valence-corrected chi connectivity index (χ2v) is 3.49. The highest BCUT2D eigenvalue weighted by atomic mass is 16.5. The summed E-state index contributed by atoms with van der Waals surface area (Å²) in [5.41, 5.74) is 2.57. The predicted octanol–water partition coefficient (Wildman–Crippen LogP) is 1.89. The molecular weight excluding hydrogens is 162 g/mol. The van der Waals surface area contributed by atoms with Crippen LogP contribution in [0.5, 0.6) is 0 Å². The predicted molar refractivity (Wildman–Crippen MR) is 54.5 cm³/mol. The third-order valence-electron chi connectivity index (χ3n) is 1.80. The number of ether oxygens (including phenoxy) is 1. The molecule has 0 saturated carbocycles. The van der Waals surface area contributed by atoms with Gasteiger partial charge in [-0.1, -0.05) is 24.3 Å². The third kappa shape index (κ3) is 3.57. The molecule has 0 spiro atoms. The Morgan fingerprint density at radius 3 is 2.54 bits per heavy atom. The molecule has 72 valence electrons. The molecule has 0 unspecified atom stereocenters. The van der Waals surface area contributed by atoms with E-state index in [1.807, 2.05) is 0 Å². The molecule has 1 rings (SSSR count). The van der Waals surface area contributed by atoms with Gasteiger partial charge in [-0.2, -0.15) is 0 Å². The zero-order chi connectivity index (χ0) is 9.68. The molecule has 1 aromatic carbocycles. The normalized spacial score (nSPS) is 10.8. The number of hydrogen-bond acceptors (Lipinski definition) is 2. The molecular formula is C11H17NO. The summed E-state index contributed by atoms with van der Waals surface area (Å²) in [6.07, 6.45) is 0. The van der Waals surface area contributed by atoms with Crippen molar-refractivity contribution in [3.63, 3.8) is 0 Å². The van der Waals surface area contributed by atoms with Crippen molar-refractivity contribution in [2.24, 2.45) is 0 Å². The van der Waals surface area contributed by atoms with Gasteiger partial charge in [-0.05, 0) is 25.2 Å². The van der Waals surface area contributed by atoms with Crippen LogP contribution in [0.3, 0.4) is 0 Å². The lowest BCUT2D eigenvalue weighted by atomic mass is 10.1. The molecule has 0 aliphatic carbocycles. The molecule has 0 amide bonds. The molecule has 0 N–H and O–H groups in total. The van der Waals surface area contributed by atoms with Gasteiger partial charge in [0.05, 0.1) is 6.61 Å². The van der Waals surface area contributed by atoms with E-state index in [4.69, 9.17) is 4.74 Å². The lowest BCUT2D eigenvalue weighted by molar-refractivity contribution is 0.185. The molecule has 0 atom stereocenters. The summed E-state index contributed by atoms with van der Waals surface area (Å²) in [5, 5.41) is 0. The summed E-state index contributed by atoms with van der Waals surface area (Å²) in [5.74, 6) is 0. The molecule has 0 aliphatic heterocycles. The molecule has 2 nitrogen and oxygen atoms in total. The van der Waals surface area contributed by atoms with Gasteiger partial charge >= 0.3 is 0 Å². The van der Waals surface area contributed by atoms with E-state index in [2.05, 4.69) is 43.3 Å². The second-order valence-electron chi connectivity index (χ2n) is 3.49. The fourth-order valence-corrected chi connectivity index (χ4v) is 1.35. The minimum absolute atomic E-state index is 0.696. The first-order chi connectivity index (χ1) is 6.22. The van der Waals surface area contributed by atoms with E-state index >= 15 is 0 Å². The van der Waals surface area contributed by atoms with Crippen LogP contribution in [-0.2, 0) is 17.9 Å². The summed E-state index contributed by atoms with van der Waals surface area (Å²) in [6, 6.07) is 8.48. The van der Waals surface area contributed by atoms with Gasteiger partial charge in [-0.25, -0.2) is 0 Å². The molecule has 0 fully saturated rings. The first-order valence-electron chi connectivity index (χ1n) is 4.44. The minimum Gasteiger partial charge on any atom is -0.380 e. The van der Waals surface area contributed by atoms with E-state index in [-0.39, 0.29) is 0 Å². The van der Waals surface area contributed by atoms with Crippen molar-refractivity contribution in [3.05, 3.63) is 35.4 Å². The lowest BCUT2D eigenvalue weighted by Gasteiger charge is -2.10. The quantitative estimate of drug-likeness (QED) is 0.700. The van der Waals surface area contributed by atoms with Gasteiger partial charge in [-0.15, -0.1) is 0 Å². The van der Waals surface area contributed by atoms with Gasteiger partial charge in [0.2, 0.25) is 0 Å². The Labute approximate surface area is 80.1 Å². The fourth-order valence-electron chi connectivity index (χ4n) is 1.35. The van der Waals surface area contributed by atoms with Crippen LogP contribution in [0.2, 0.25) is 0 Å². The van der Waals surface area contributed by atoms with Crippen molar-refractivity contribution in [2.75, 3.05) is 21.2 Å². The minimum atomic E-state index is 0.696. The summed E-state index contributed by atoms with van der Waals surface area (Å²) >= 11 is 0. The van der Waals surface area contributed by atoms with Crippen LogP contribution in [0.1, 0.15) is 11.1 Å². The average Bonchev–Trinajstić information content (AvgIpc) is 2.04. The van der Waals surface area contributed by atoms with Crippen molar-refractivity contribution >= 4 is 0 Å². The molecule has 0 aromatic heterocycles. The van der Waals surface area contributed by atoms with Crippen molar-refractivity contribution in [3.8, 4) is 0 Å². The van der Waals surface area contributed by atoms with Gasteiger partial charge in [0.25, 0.3) is 0 Å². The van der Waals surface area contributed by atoms with Gasteiger partial charge in [0.15, 0.2) is 0 Å². The first-order valence-corrected chi connectivity index (χ1v) is 4.44. The van der Waals surface area contributed by atoms with E-state index < -0.39 is 0 Å². The monoisotopic (exact) mass is 179 g/mol. The Morgan fingerprint density at radius 2 is 1.92 bits per heavy atom. The van der Waals surface area contributed by atoms with Gasteiger partial charge in [-0.3, -0.25) is 0 Å². The van der Waals surface area contributed by atoms with Crippen LogP contribution in [0.25, 0.3) is 0 Å². The largest absolute Gasteiger partial charge is 0.380 e. The maximum absolute atomic E-state index is 5.07. The second kappa shape index (κ2) is 5.00. The highest BCUT2D eigenvalue weighted by Gasteiger charge is 1.96. The van der Waals surface area contributed by atoms with Crippen LogP contribution >= 0.6 is 0 Å². The molecule has 0 radical (unpaired) electrons. The third-order valence-corrected chi connectivity index (χ3v) is 1.80. The SMILES string of the molecule is COCc1cccc(CN(C)C)c1. The number of nitrogens with zero attached hydrogens (tertiary/aromatic N) is 1. The summed E-state index contributed by atoms with van der Waals surface area (Å²) in [4.78, 5) is 2.16.